The highest BCUT2D eigenvalue weighted by Gasteiger charge is 2.33. The molecular weight excluding hydrogens is 352 g/mol. The number of nitrogens with zero attached hydrogens (tertiary/aromatic N) is 1. The topological polar surface area (TPSA) is 58.6 Å². The number of aryl methyl sites for hydroxylation is 1. The Morgan fingerprint density at radius 1 is 1.23 bits per heavy atom. The Hall–Kier alpha value is -2.37. The molecule has 0 aromatic heterocycles. The second-order valence-corrected chi connectivity index (χ2v) is 6.82. The van der Waals surface area contributed by atoms with Crippen LogP contribution in [0.1, 0.15) is 16.7 Å². The molecule has 0 bridgehead atoms. The summed E-state index contributed by atoms with van der Waals surface area (Å²) in [5.74, 6) is -0.412. The molecule has 26 heavy (non-hydrogen) atoms. The minimum atomic E-state index is -0.642. The van der Waals surface area contributed by atoms with Crippen LogP contribution in [-0.2, 0) is 27.4 Å². The van der Waals surface area contributed by atoms with Crippen molar-refractivity contribution in [3.63, 3.8) is 0 Å². The molecule has 2 amide bonds. The van der Waals surface area contributed by atoms with E-state index in [1.807, 2.05) is 43.3 Å². The third kappa shape index (κ3) is 4.62. The van der Waals surface area contributed by atoms with Crippen molar-refractivity contribution in [2.75, 3.05) is 13.2 Å². The highest BCUT2D eigenvalue weighted by Crippen LogP contribution is 2.15. The molecule has 1 aliphatic heterocycles. The monoisotopic (exact) mass is 372 g/mol. The Morgan fingerprint density at radius 3 is 2.73 bits per heavy atom. The van der Waals surface area contributed by atoms with Crippen molar-refractivity contribution in [2.45, 2.75) is 26.1 Å². The van der Waals surface area contributed by atoms with Crippen LogP contribution in [0.15, 0.2) is 48.5 Å². The predicted molar refractivity (Wildman–Crippen MR) is 99.6 cm³/mol. The molecule has 1 fully saturated rings. The standard InChI is InChI=1S/C20H21ClN2O3/c1-14-5-7-15(8-6-14)11-23-18(12-26-13-19(23)24)20(25)22-10-16-3-2-4-17(21)9-16/h2-9,18H,10-13H2,1H3,(H,22,25)/t18-/m0/s1. The van der Waals surface area contributed by atoms with Crippen LogP contribution < -0.4 is 5.32 Å². The first kappa shape index (κ1) is 18.4. The van der Waals surface area contributed by atoms with Gasteiger partial charge in [0.1, 0.15) is 12.6 Å². The van der Waals surface area contributed by atoms with Gasteiger partial charge in [0.25, 0.3) is 0 Å². The van der Waals surface area contributed by atoms with Crippen LogP contribution in [0.3, 0.4) is 0 Å². The maximum Gasteiger partial charge on any atom is 0.249 e. The third-order valence-corrected chi connectivity index (χ3v) is 4.56. The SMILES string of the molecule is Cc1ccc(CN2C(=O)COC[C@H]2C(=O)NCc2cccc(Cl)c2)cc1. The molecule has 2 aromatic carbocycles. The average Bonchev–Trinajstić information content (AvgIpc) is 2.63. The van der Waals surface area contributed by atoms with Gasteiger partial charge in [0.2, 0.25) is 11.8 Å². The number of carbonyl (C=O) groups is 2. The van der Waals surface area contributed by atoms with Crippen LogP contribution in [0.5, 0.6) is 0 Å². The van der Waals surface area contributed by atoms with E-state index < -0.39 is 6.04 Å². The number of benzene rings is 2. The number of hydrogen-bond donors (Lipinski definition) is 1. The van der Waals surface area contributed by atoms with E-state index in [-0.39, 0.29) is 25.0 Å². The lowest BCUT2D eigenvalue weighted by atomic mass is 10.1. The zero-order valence-electron chi connectivity index (χ0n) is 14.6. The maximum atomic E-state index is 12.6. The van der Waals surface area contributed by atoms with Gasteiger partial charge in [0, 0.05) is 18.1 Å². The Balaban J connectivity index is 1.67. The largest absolute Gasteiger partial charge is 0.369 e. The Labute approximate surface area is 157 Å². The Bertz CT molecular complexity index is 792. The Morgan fingerprint density at radius 2 is 2.00 bits per heavy atom. The van der Waals surface area contributed by atoms with E-state index in [2.05, 4.69) is 5.32 Å². The summed E-state index contributed by atoms with van der Waals surface area (Å²) in [5, 5.41) is 3.49. The van der Waals surface area contributed by atoms with E-state index in [4.69, 9.17) is 16.3 Å². The molecule has 136 valence electrons. The molecule has 0 radical (unpaired) electrons. The molecule has 1 heterocycles. The van der Waals surface area contributed by atoms with Crippen LogP contribution in [0.25, 0.3) is 0 Å². The van der Waals surface area contributed by atoms with Crippen molar-refractivity contribution < 1.29 is 14.3 Å². The first-order chi connectivity index (χ1) is 12.5. The zero-order valence-corrected chi connectivity index (χ0v) is 15.3. The van der Waals surface area contributed by atoms with Crippen molar-refractivity contribution in [2.24, 2.45) is 0 Å². The van der Waals surface area contributed by atoms with Gasteiger partial charge in [0.15, 0.2) is 0 Å². The predicted octanol–water partition coefficient (Wildman–Crippen LogP) is 2.69. The summed E-state index contributed by atoms with van der Waals surface area (Å²) in [6.07, 6.45) is 0. The summed E-state index contributed by atoms with van der Waals surface area (Å²) in [5.41, 5.74) is 3.04. The van der Waals surface area contributed by atoms with Gasteiger partial charge in [-0.25, -0.2) is 0 Å². The van der Waals surface area contributed by atoms with Gasteiger partial charge in [-0.2, -0.15) is 0 Å². The van der Waals surface area contributed by atoms with Gasteiger partial charge in [-0.1, -0.05) is 53.6 Å². The lowest BCUT2D eigenvalue weighted by Crippen LogP contribution is -2.55. The van der Waals surface area contributed by atoms with Gasteiger partial charge < -0.3 is 15.0 Å². The smallest absolute Gasteiger partial charge is 0.249 e. The van der Waals surface area contributed by atoms with Crippen molar-refractivity contribution in [3.8, 4) is 0 Å². The molecule has 0 spiro atoms. The molecule has 1 N–H and O–H groups in total. The molecule has 2 aromatic rings. The van der Waals surface area contributed by atoms with Crippen LogP contribution >= 0.6 is 11.6 Å². The summed E-state index contributed by atoms with van der Waals surface area (Å²) in [6, 6.07) is 14.6. The fourth-order valence-electron chi connectivity index (χ4n) is 2.86. The van der Waals surface area contributed by atoms with Crippen molar-refractivity contribution >= 4 is 23.4 Å². The van der Waals surface area contributed by atoms with Crippen molar-refractivity contribution in [3.05, 3.63) is 70.2 Å². The second kappa shape index (κ2) is 8.34. The molecule has 0 aliphatic carbocycles. The van der Waals surface area contributed by atoms with E-state index in [0.29, 0.717) is 18.1 Å². The van der Waals surface area contributed by atoms with Crippen molar-refractivity contribution in [1.29, 1.82) is 0 Å². The fraction of sp³-hybridized carbons (Fsp3) is 0.300. The summed E-state index contributed by atoms with van der Waals surface area (Å²) >= 11 is 5.97. The second-order valence-electron chi connectivity index (χ2n) is 6.39. The Kier molecular flexibility index (Phi) is 5.91. The summed E-state index contributed by atoms with van der Waals surface area (Å²) < 4.78 is 5.30. The van der Waals surface area contributed by atoms with Gasteiger partial charge in [-0.3, -0.25) is 9.59 Å². The minimum Gasteiger partial charge on any atom is -0.369 e. The lowest BCUT2D eigenvalue weighted by Gasteiger charge is -2.34. The molecule has 0 saturated carbocycles. The van der Waals surface area contributed by atoms with E-state index >= 15 is 0 Å². The number of ether oxygens (including phenoxy) is 1. The van der Waals surface area contributed by atoms with Crippen molar-refractivity contribution in [1.82, 2.24) is 10.2 Å². The average molecular weight is 373 g/mol. The highest BCUT2D eigenvalue weighted by molar-refractivity contribution is 6.30. The van der Waals surface area contributed by atoms with Gasteiger partial charge >= 0.3 is 0 Å². The van der Waals surface area contributed by atoms with Gasteiger partial charge in [-0.05, 0) is 30.2 Å². The van der Waals surface area contributed by atoms with E-state index in [1.165, 1.54) is 0 Å². The van der Waals surface area contributed by atoms with E-state index in [9.17, 15) is 9.59 Å². The first-order valence-electron chi connectivity index (χ1n) is 8.48. The maximum absolute atomic E-state index is 12.6. The fourth-order valence-corrected chi connectivity index (χ4v) is 3.08. The number of nitrogens with one attached hydrogen (secondary N) is 1. The quantitative estimate of drug-likeness (QED) is 0.877. The van der Waals surface area contributed by atoms with Crippen LogP contribution in [-0.4, -0.2) is 36.0 Å². The lowest BCUT2D eigenvalue weighted by molar-refractivity contribution is -0.155. The van der Waals surface area contributed by atoms with Crippen LogP contribution in [0.2, 0.25) is 5.02 Å². The van der Waals surface area contributed by atoms with E-state index in [1.54, 1.807) is 17.0 Å². The molecule has 1 aliphatic rings. The highest BCUT2D eigenvalue weighted by atomic mass is 35.5. The molecule has 1 atom stereocenters. The first-order valence-corrected chi connectivity index (χ1v) is 8.85. The normalized spacial score (nSPS) is 17.2. The summed E-state index contributed by atoms with van der Waals surface area (Å²) in [6.45, 7) is 2.94. The number of carbonyl (C=O) groups excluding carboxylic acids is 2. The van der Waals surface area contributed by atoms with E-state index in [0.717, 1.165) is 16.7 Å². The minimum absolute atomic E-state index is 0.00390. The molecule has 6 heteroatoms. The molecule has 1 saturated heterocycles. The number of morpholine rings is 1. The van der Waals surface area contributed by atoms with Gasteiger partial charge in [0.05, 0.1) is 6.61 Å². The van der Waals surface area contributed by atoms with Gasteiger partial charge in [-0.15, -0.1) is 0 Å². The summed E-state index contributed by atoms with van der Waals surface area (Å²) in [4.78, 5) is 26.5. The number of amides is 2. The zero-order chi connectivity index (χ0) is 18.5. The van der Waals surface area contributed by atoms with Crippen LogP contribution in [0.4, 0.5) is 0 Å². The third-order valence-electron chi connectivity index (χ3n) is 4.33. The summed E-state index contributed by atoms with van der Waals surface area (Å²) in [7, 11) is 0. The van der Waals surface area contributed by atoms with Crippen LogP contribution in [0, 0.1) is 6.92 Å². The number of halogens is 1. The molecule has 3 rings (SSSR count). The molecular formula is C20H21ClN2O3. The molecule has 5 nitrogen and oxygen atoms in total. The molecule has 0 unspecified atom stereocenters. The number of hydrogen-bond acceptors (Lipinski definition) is 3. The number of rotatable bonds is 5.